The van der Waals surface area contributed by atoms with Crippen LogP contribution in [0.5, 0.6) is 0 Å². The number of aliphatic carboxylic acids is 1. The molecule has 1 saturated heterocycles. The maximum Gasteiger partial charge on any atom is 0.305 e. The number of fused-ring (bicyclic) bond motifs is 2. The van der Waals surface area contributed by atoms with Gasteiger partial charge >= 0.3 is 5.97 Å². The predicted molar refractivity (Wildman–Crippen MR) is 132 cm³/mol. The maximum absolute atomic E-state index is 13.4. The van der Waals surface area contributed by atoms with Gasteiger partial charge in [-0.2, -0.15) is 0 Å². The summed E-state index contributed by atoms with van der Waals surface area (Å²) in [4.78, 5) is 29.4. The van der Waals surface area contributed by atoms with E-state index < -0.39 is 17.9 Å². The molecule has 1 fully saturated rings. The number of rotatable bonds is 7. The first-order valence-corrected chi connectivity index (χ1v) is 12.3. The van der Waals surface area contributed by atoms with E-state index in [0.717, 1.165) is 55.6 Å². The van der Waals surface area contributed by atoms with Gasteiger partial charge in [-0.05, 0) is 68.5 Å². The number of allylic oxidation sites excluding steroid dienone is 1. The molecule has 2 aliphatic heterocycles. The smallest absolute Gasteiger partial charge is 0.305 e. The Hall–Kier alpha value is -3.59. The Bertz CT molecular complexity index is 1250. The lowest BCUT2D eigenvalue weighted by atomic mass is 9.96. The Morgan fingerprint density at radius 1 is 1.20 bits per heavy atom. The molecule has 0 aliphatic carbocycles. The number of aromatic nitrogens is 4. The summed E-state index contributed by atoms with van der Waals surface area (Å²) in [6.07, 6.45) is 9.35. The Labute approximate surface area is 203 Å². The third-order valence-corrected chi connectivity index (χ3v) is 6.92. The zero-order valence-corrected chi connectivity index (χ0v) is 19.6. The van der Waals surface area contributed by atoms with Crippen molar-refractivity contribution in [3.63, 3.8) is 0 Å². The molecule has 2 atom stereocenters. The fourth-order valence-corrected chi connectivity index (χ4v) is 5.01. The third kappa shape index (κ3) is 5.24. The van der Waals surface area contributed by atoms with Crippen molar-refractivity contribution in [3.8, 4) is 0 Å². The molecule has 35 heavy (non-hydrogen) atoms. The van der Waals surface area contributed by atoms with Crippen LogP contribution >= 0.6 is 0 Å². The minimum Gasteiger partial charge on any atom is -0.481 e. The molecule has 2 aromatic heterocycles. The second kappa shape index (κ2) is 10.4. The molecule has 2 aliphatic rings. The van der Waals surface area contributed by atoms with Gasteiger partial charge in [0.05, 0.1) is 23.9 Å². The molecular formula is C26H30N6O3. The third-order valence-electron chi connectivity index (χ3n) is 6.92. The van der Waals surface area contributed by atoms with Crippen LogP contribution in [0.4, 0.5) is 0 Å². The number of carbonyl (C=O) groups excluding carboxylic acids is 1. The van der Waals surface area contributed by atoms with Crippen LogP contribution in [0.15, 0.2) is 42.6 Å². The van der Waals surface area contributed by atoms with Crippen molar-refractivity contribution in [3.05, 3.63) is 59.8 Å². The molecule has 4 heterocycles. The van der Waals surface area contributed by atoms with Crippen molar-refractivity contribution in [2.75, 3.05) is 13.1 Å². The van der Waals surface area contributed by atoms with Gasteiger partial charge < -0.3 is 20.3 Å². The number of hydrogen-bond acceptors (Lipinski definition) is 6. The Morgan fingerprint density at radius 2 is 2.03 bits per heavy atom. The summed E-state index contributed by atoms with van der Waals surface area (Å²) in [5.74, 6) is 0.259. The molecule has 182 valence electrons. The van der Waals surface area contributed by atoms with Crippen molar-refractivity contribution in [2.24, 2.45) is 5.92 Å². The van der Waals surface area contributed by atoms with E-state index in [9.17, 15) is 14.7 Å². The summed E-state index contributed by atoms with van der Waals surface area (Å²) < 4.78 is 2.02. The molecule has 1 aromatic carbocycles. The van der Waals surface area contributed by atoms with E-state index in [1.165, 1.54) is 0 Å². The highest BCUT2D eigenvalue weighted by molar-refractivity contribution is 5.84. The zero-order chi connectivity index (χ0) is 24.2. The molecule has 0 spiro atoms. The molecule has 9 nitrogen and oxygen atoms in total. The topological polar surface area (TPSA) is 122 Å². The van der Waals surface area contributed by atoms with E-state index >= 15 is 0 Å². The van der Waals surface area contributed by atoms with Crippen molar-refractivity contribution in [2.45, 2.75) is 50.6 Å². The van der Waals surface area contributed by atoms with Crippen molar-refractivity contribution in [1.29, 1.82) is 0 Å². The van der Waals surface area contributed by atoms with Crippen LogP contribution in [0.3, 0.4) is 0 Å². The first kappa shape index (κ1) is 23.2. The van der Waals surface area contributed by atoms with E-state index in [1.807, 2.05) is 41.0 Å². The van der Waals surface area contributed by atoms with Crippen molar-refractivity contribution in [1.82, 2.24) is 30.4 Å². The first-order chi connectivity index (χ1) is 17.1. The largest absolute Gasteiger partial charge is 0.481 e. The standard InChI is InChI=1S/C26H30N6O3/c33-24(34)15-22(19-14-18-4-1-2-6-21(18)28-16-19)29-26(35)20-5-3-13-32-23(30-31-25(20)32)8-7-17-9-11-27-12-10-17/h1-2,4,6-8,14,16-17,20,22,27H,3,5,9-13,15H2,(H,29,35)(H,33,34)/b8-7+/t20?,22-/m0/s1. The quantitative estimate of drug-likeness (QED) is 0.481. The summed E-state index contributed by atoms with van der Waals surface area (Å²) in [6.45, 7) is 2.82. The highest BCUT2D eigenvalue weighted by atomic mass is 16.4. The highest BCUT2D eigenvalue weighted by Gasteiger charge is 2.32. The number of para-hydroxylation sites is 1. The number of nitrogens with zero attached hydrogens (tertiary/aromatic N) is 4. The number of pyridine rings is 1. The van der Waals surface area contributed by atoms with E-state index in [0.29, 0.717) is 23.7 Å². The Morgan fingerprint density at radius 3 is 2.86 bits per heavy atom. The Balaban J connectivity index is 1.35. The summed E-state index contributed by atoms with van der Waals surface area (Å²) in [5, 5.41) is 25.5. The van der Waals surface area contributed by atoms with Gasteiger partial charge in [-0.3, -0.25) is 14.6 Å². The van der Waals surface area contributed by atoms with Crippen molar-refractivity contribution < 1.29 is 14.7 Å². The molecule has 0 bridgehead atoms. The molecule has 3 aromatic rings. The monoisotopic (exact) mass is 474 g/mol. The van der Waals surface area contributed by atoms with Gasteiger partial charge in [0.2, 0.25) is 5.91 Å². The van der Waals surface area contributed by atoms with Crippen LogP contribution in [-0.4, -0.2) is 49.8 Å². The van der Waals surface area contributed by atoms with Crippen LogP contribution in [0.1, 0.15) is 61.3 Å². The number of carboxylic acid groups (broad SMARTS) is 1. The van der Waals surface area contributed by atoms with E-state index in [2.05, 4.69) is 31.9 Å². The minimum atomic E-state index is -0.986. The predicted octanol–water partition coefficient (Wildman–Crippen LogP) is 3.05. The number of benzene rings is 1. The van der Waals surface area contributed by atoms with Gasteiger partial charge in [-0.25, -0.2) is 0 Å². The van der Waals surface area contributed by atoms with E-state index in [-0.39, 0.29) is 12.3 Å². The average molecular weight is 475 g/mol. The first-order valence-electron chi connectivity index (χ1n) is 12.3. The minimum absolute atomic E-state index is 0.227. The van der Waals surface area contributed by atoms with Crippen LogP contribution in [0, 0.1) is 5.92 Å². The number of nitrogens with one attached hydrogen (secondary N) is 2. The normalized spacial score (nSPS) is 19.5. The number of hydrogen-bond donors (Lipinski definition) is 3. The van der Waals surface area contributed by atoms with E-state index in [4.69, 9.17) is 0 Å². The van der Waals surface area contributed by atoms with Gasteiger partial charge in [0, 0.05) is 18.1 Å². The number of piperidine rings is 1. The lowest BCUT2D eigenvalue weighted by Gasteiger charge is -2.25. The maximum atomic E-state index is 13.4. The van der Waals surface area contributed by atoms with E-state index in [1.54, 1.807) is 6.20 Å². The van der Waals surface area contributed by atoms with Crippen LogP contribution in [0.2, 0.25) is 0 Å². The fraction of sp³-hybridized carbons (Fsp3) is 0.423. The summed E-state index contributed by atoms with van der Waals surface area (Å²) in [5.41, 5.74) is 1.49. The molecule has 9 heteroatoms. The molecule has 1 unspecified atom stereocenters. The lowest BCUT2D eigenvalue weighted by molar-refractivity contribution is -0.137. The average Bonchev–Trinajstić information content (AvgIpc) is 3.30. The summed E-state index contributed by atoms with van der Waals surface area (Å²) >= 11 is 0. The van der Waals surface area contributed by atoms with Gasteiger partial charge in [-0.15, -0.1) is 10.2 Å². The van der Waals surface area contributed by atoms with Gasteiger partial charge in [0.25, 0.3) is 0 Å². The highest BCUT2D eigenvalue weighted by Crippen LogP contribution is 2.29. The summed E-state index contributed by atoms with van der Waals surface area (Å²) in [6, 6.07) is 8.84. The lowest BCUT2D eigenvalue weighted by Crippen LogP contribution is -2.36. The number of carboxylic acids is 1. The second-order valence-electron chi connectivity index (χ2n) is 9.33. The van der Waals surface area contributed by atoms with Gasteiger partial charge in [-0.1, -0.05) is 24.3 Å². The molecule has 0 saturated carbocycles. The van der Waals surface area contributed by atoms with Crippen LogP contribution in [0.25, 0.3) is 17.0 Å². The van der Waals surface area contributed by atoms with Crippen molar-refractivity contribution >= 4 is 28.9 Å². The molecule has 0 radical (unpaired) electrons. The molecule has 1 amide bonds. The Kier molecular flexibility index (Phi) is 6.85. The van der Waals surface area contributed by atoms with Gasteiger partial charge in [0.15, 0.2) is 5.82 Å². The van der Waals surface area contributed by atoms with Crippen LogP contribution < -0.4 is 10.6 Å². The van der Waals surface area contributed by atoms with Crippen LogP contribution in [-0.2, 0) is 16.1 Å². The number of carbonyl (C=O) groups is 2. The zero-order valence-electron chi connectivity index (χ0n) is 19.6. The SMILES string of the molecule is O=C(O)C[C@H](NC(=O)C1CCCn2c(/C=C/C3CCNCC3)nnc21)c1cnc2ccccc2c1. The fourth-order valence-electron chi connectivity index (χ4n) is 5.01. The molecular weight excluding hydrogens is 444 g/mol. The number of amides is 1. The second-order valence-corrected chi connectivity index (χ2v) is 9.33. The summed E-state index contributed by atoms with van der Waals surface area (Å²) in [7, 11) is 0. The molecule has 3 N–H and O–H groups in total. The van der Waals surface area contributed by atoms with Gasteiger partial charge in [0.1, 0.15) is 5.82 Å². The molecule has 5 rings (SSSR count).